The Morgan fingerprint density at radius 2 is 2.11 bits per heavy atom. The second-order valence-electron chi connectivity index (χ2n) is 6.08. The van der Waals surface area contributed by atoms with E-state index in [0.717, 1.165) is 32.5 Å². The lowest BCUT2D eigenvalue weighted by molar-refractivity contribution is -0.123. The van der Waals surface area contributed by atoms with Gasteiger partial charge in [0.25, 0.3) is 0 Å². The Morgan fingerprint density at radius 3 is 2.74 bits per heavy atom. The van der Waals surface area contributed by atoms with Gasteiger partial charge in [-0.15, -0.1) is 0 Å². The van der Waals surface area contributed by atoms with E-state index in [-0.39, 0.29) is 5.60 Å². The molecule has 0 aromatic carbocycles. The average molecular weight is 284 g/mol. The molecule has 0 radical (unpaired) electrons. The summed E-state index contributed by atoms with van der Waals surface area (Å²) in [7, 11) is 0. The van der Waals surface area contributed by atoms with E-state index in [1.807, 2.05) is 0 Å². The molecule has 3 nitrogen and oxygen atoms in total. The summed E-state index contributed by atoms with van der Waals surface area (Å²) in [6.45, 7) is 5.26. The number of rotatable bonds is 5. The highest BCUT2D eigenvalue weighted by molar-refractivity contribution is 7.80. The van der Waals surface area contributed by atoms with Crippen molar-refractivity contribution < 1.29 is 4.74 Å². The Labute approximate surface area is 122 Å². The van der Waals surface area contributed by atoms with Crippen molar-refractivity contribution in [2.45, 2.75) is 69.9 Å². The molecule has 1 heterocycles. The molecule has 2 N–H and O–H groups in total. The van der Waals surface area contributed by atoms with Crippen molar-refractivity contribution in [1.82, 2.24) is 4.90 Å². The van der Waals surface area contributed by atoms with Gasteiger partial charge in [0.2, 0.25) is 0 Å². The molecule has 1 saturated heterocycles. The van der Waals surface area contributed by atoms with Gasteiger partial charge in [0.15, 0.2) is 0 Å². The summed E-state index contributed by atoms with van der Waals surface area (Å²) in [5.41, 5.74) is 5.83. The molecule has 1 aliphatic heterocycles. The van der Waals surface area contributed by atoms with Crippen molar-refractivity contribution in [3.05, 3.63) is 0 Å². The number of hydrogen-bond donors (Lipinski definition) is 1. The Morgan fingerprint density at radius 1 is 1.37 bits per heavy atom. The summed E-state index contributed by atoms with van der Waals surface area (Å²) in [5.74, 6) is 0. The predicted octanol–water partition coefficient (Wildman–Crippen LogP) is 2.87. The van der Waals surface area contributed by atoms with Gasteiger partial charge in [-0.05, 0) is 32.2 Å². The van der Waals surface area contributed by atoms with E-state index >= 15 is 0 Å². The van der Waals surface area contributed by atoms with Gasteiger partial charge in [-0.3, -0.25) is 0 Å². The number of nitrogens with two attached hydrogens (primary N) is 1. The molecule has 0 aromatic heterocycles. The second kappa shape index (κ2) is 7.00. The molecular formula is C15H28N2OS. The van der Waals surface area contributed by atoms with Crippen LogP contribution in [0.3, 0.4) is 0 Å². The number of nitrogens with zero attached hydrogens (tertiary/aromatic N) is 1. The first-order chi connectivity index (χ1) is 9.15. The van der Waals surface area contributed by atoms with Crippen LogP contribution in [0.1, 0.15) is 58.3 Å². The van der Waals surface area contributed by atoms with Crippen molar-refractivity contribution >= 4 is 17.2 Å². The SMILES string of the molecule is CCN(CCC(N)=S)C1CCOC2(CCCCC2)C1. The van der Waals surface area contributed by atoms with Gasteiger partial charge in [0.1, 0.15) is 0 Å². The van der Waals surface area contributed by atoms with Crippen LogP contribution in [-0.2, 0) is 4.74 Å². The van der Waals surface area contributed by atoms with Gasteiger partial charge in [-0.25, -0.2) is 0 Å². The molecular weight excluding hydrogens is 256 g/mol. The van der Waals surface area contributed by atoms with Crippen LogP contribution in [0, 0.1) is 0 Å². The standard InChI is InChI=1S/C15H28N2OS/c1-2-17(10-6-14(16)19)13-7-11-18-15(12-13)8-4-3-5-9-15/h13H,2-12H2,1H3,(H2,16,19). The first-order valence-electron chi connectivity index (χ1n) is 7.81. The van der Waals surface area contributed by atoms with Crippen LogP contribution in [0.15, 0.2) is 0 Å². The Hall–Kier alpha value is -0.190. The zero-order valence-corrected chi connectivity index (χ0v) is 13.0. The number of thiocarbonyl (C=S) groups is 1. The molecule has 0 amide bonds. The summed E-state index contributed by atoms with van der Waals surface area (Å²) in [4.78, 5) is 3.19. The average Bonchev–Trinajstić information content (AvgIpc) is 2.40. The normalized spacial score (nSPS) is 26.7. The summed E-state index contributed by atoms with van der Waals surface area (Å²) in [6.07, 6.45) is 9.79. The van der Waals surface area contributed by atoms with Crippen LogP contribution in [0.2, 0.25) is 0 Å². The van der Waals surface area contributed by atoms with Gasteiger partial charge in [0, 0.05) is 25.6 Å². The van der Waals surface area contributed by atoms with E-state index in [4.69, 9.17) is 22.7 Å². The van der Waals surface area contributed by atoms with Crippen molar-refractivity contribution in [3.63, 3.8) is 0 Å². The van der Waals surface area contributed by atoms with Gasteiger partial charge in [-0.1, -0.05) is 38.4 Å². The highest BCUT2D eigenvalue weighted by atomic mass is 32.1. The van der Waals surface area contributed by atoms with E-state index in [1.54, 1.807) is 0 Å². The summed E-state index contributed by atoms with van der Waals surface area (Å²) >= 11 is 5.01. The smallest absolute Gasteiger partial charge is 0.0740 e. The van der Waals surface area contributed by atoms with Crippen LogP contribution >= 0.6 is 12.2 Å². The third kappa shape index (κ3) is 4.14. The third-order valence-electron chi connectivity index (χ3n) is 4.80. The fraction of sp³-hybridized carbons (Fsp3) is 0.933. The molecule has 1 aliphatic carbocycles. The van der Waals surface area contributed by atoms with Crippen molar-refractivity contribution in [2.75, 3.05) is 19.7 Å². The topological polar surface area (TPSA) is 38.5 Å². The molecule has 19 heavy (non-hydrogen) atoms. The third-order valence-corrected chi connectivity index (χ3v) is 5.00. The van der Waals surface area contributed by atoms with E-state index < -0.39 is 0 Å². The lowest BCUT2D eigenvalue weighted by Gasteiger charge is -2.46. The summed E-state index contributed by atoms with van der Waals surface area (Å²) in [6, 6.07) is 0.659. The molecule has 2 rings (SSSR count). The van der Waals surface area contributed by atoms with Crippen molar-refractivity contribution in [2.24, 2.45) is 5.73 Å². The fourth-order valence-electron chi connectivity index (χ4n) is 3.71. The molecule has 1 unspecified atom stereocenters. The van der Waals surface area contributed by atoms with Gasteiger partial charge < -0.3 is 15.4 Å². The maximum absolute atomic E-state index is 6.18. The predicted molar refractivity (Wildman–Crippen MR) is 83.4 cm³/mol. The van der Waals surface area contributed by atoms with E-state index in [9.17, 15) is 0 Å². The molecule has 1 saturated carbocycles. The van der Waals surface area contributed by atoms with Crippen molar-refractivity contribution in [1.29, 1.82) is 0 Å². The zero-order chi connectivity index (χ0) is 13.7. The summed E-state index contributed by atoms with van der Waals surface area (Å²) < 4.78 is 6.18. The molecule has 1 spiro atoms. The van der Waals surface area contributed by atoms with Crippen molar-refractivity contribution in [3.8, 4) is 0 Å². The lowest BCUT2D eigenvalue weighted by atomic mass is 9.78. The van der Waals surface area contributed by atoms with Crippen LogP contribution in [0.5, 0.6) is 0 Å². The van der Waals surface area contributed by atoms with Gasteiger partial charge >= 0.3 is 0 Å². The first kappa shape index (κ1) is 15.2. The van der Waals surface area contributed by atoms with E-state index in [0.29, 0.717) is 11.0 Å². The monoisotopic (exact) mass is 284 g/mol. The fourth-order valence-corrected chi connectivity index (χ4v) is 3.80. The Kier molecular flexibility index (Phi) is 5.60. The summed E-state index contributed by atoms with van der Waals surface area (Å²) in [5, 5.41) is 0. The highest BCUT2D eigenvalue weighted by Gasteiger charge is 2.39. The largest absolute Gasteiger partial charge is 0.393 e. The highest BCUT2D eigenvalue weighted by Crippen LogP contribution is 2.39. The van der Waals surface area contributed by atoms with E-state index in [2.05, 4.69) is 11.8 Å². The molecule has 2 fully saturated rings. The lowest BCUT2D eigenvalue weighted by Crippen LogP contribution is -2.50. The van der Waals surface area contributed by atoms with E-state index in [1.165, 1.54) is 38.5 Å². The number of hydrogen-bond acceptors (Lipinski definition) is 3. The minimum absolute atomic E-state index is 0.192. The first-order valence-corrected chi connectivity index (χ1v) is 8.22. The molecule has 1 atom stereocenters. The van der Waals surface area contributed by atoms with Crippen LogP contribution in [-0.4, -0.2) is 41.2 Å². The maximum Gasteiger partial charge on any atom is 0.0740 e. The zero-order valence-electron chi connectivity index (χ0n) is 12.2. The van der Waals surface area contributed by atoms with Crippen LogP contribution < -0.4 is 5.73 Å². The second-order valence-corrected chi connectivity index (χ2v) is 6.61. The molecule has 0 aromatic rings. The minimum Gasteiger partial charge on any atom is -0.393 e. The quantitative estimate of drug-likeness (QED) is 0.788. The number of ether oxygens (including phenoxy) is 1. The van der Waals surface area contributed by atoms with Gasteiger partial charge in [-0.2, -0.15) is 0 Å². The Bertz CT molecular complexity index is 297. The molecule has 2 aliphatic rings. The van der Waals surface area contributed by atoms with Gasteiger partial charge in [0.05, 0.1) is 10.6 Å². The Balaban J connectivity index is 1.92. The molecule has 0 bridgehead atoms. The molecule has 4 heteroatoms. The maximum atomic E-state index is 6.18. The molecule has 110 valence electrons. The van der Waals surface area contributed by atoms with Crippen LogP contribution in [0.4, 0.5) is 0 Å². The van der Waals surface area contributed by atoms with Crippen LogP contribution in [0.25, 0.3) is 0 Å². The minimum atomic E-state index is 0.192.